The lowest BCUT2D eigenvalue weighted by Crippen LogP contribution is -2.13. The first-order valence-electron chi connectivity index (χ1n) is 6.43. The molecule has 0 radical (unpaired) electrons. The van der Waals surface area contributed by atoms with Crippen LogP contribution in [-0.2, 0) is 13.1 Å². The van der Waals surface area contributed by atoms with Crippen LogP contribution in [0.15, 0.2) is 29.0 Å². The molecular formula is C14H19BrN4. The summed E-state index contributed by atoms with van der Waals surface area (Å²) < 4.78 is 3.06. The number of nitrogens with zero attached hydrogens (tertiary/aromatic N) is 3. The molecule has 0 saturated heterocycles. The lowest BCUT2D eigenvalue weighted by atomic mass is 10.2. The molecule has 0 unspecified atom stereocenters. The number of hydrogen-bond acceptors (Lipinski definition) is 3. The fourth-order valence-corrected chi connectivity index (χ4v) is 2.40. The molecule has 0 fully saturated rings. The monoisotopic (exact) mass is 322 g/mol. The van der Waals surface area contributed by atoms with Gasteiger partial charge in [0.25, 0.3) is 0 Å². The predicted molar refractivity (Wildman–Crippen MR) is 81.1 cm³/mol. The molecule has 1 heterocycles. The summed E-state index contributed by atoms with van der Waals surface area (Å²) in [7, 11) is 0. The van der Waals surface area contributed by atoms with E-state index in [1.54, 1.807) is 6.33 Å². The molecule has 19 heavy (non-hydrogen) atoms. The SMILES string of the molecule is Cc1cc(Br)ccc1NCc1ncnn1CC(C)C. The van der Waals surface area contributed by atoms with Crippen molar-refractivity contribution in [2.24, 2.45) is 5.92 Å². The Balaban J connectivity index is 2.04. The van der Waals surface area contributed by atoms with E-state index in [0.29, 0.717) is 12.5 Å². The fraction of sp³-hybridized carbons (Fsp3) is 0.429. The summed E-state index contributed by atoms with van der Waals surface area (Å²) in [6.07, 6.45) is 1.62. The molecular weight excluding hydrogens is 304 g/mol. The van der Waals surface area contributed by atoms with Gasteiger partial charge in [-0.2, -0.15) is 5.10 Å². The maximum absolute atomic E-state index is 4.31. The van der Waals surface area contributed by atoms with Crippen molar-refractivity contribution < 1.29 is 0 Å². The molecule has 102 valence electrons. The second-order valence-corrected chi connectivity index (χ2v) is 5.98. The lowest BCUT2D eigenvalue weighted by molar-refractivity contribution is 0.468. The van der Waals surface area contributed by atoms with Crippen molar-refractivity contribution >= 4 is 21.6 Å². The highest BCUT2D eigenvalue weighted by Crippen LogP contribution is 2.20. The molecule has 5 heteroatoms. The van der Waals surface area contributed by atoms with Crippen LogP contribution in [0.4, 0.5) is 5.69 Å². The summed E-state index contributed by atoms with van der Waals surface area (Å²) in [5.74, 6) is 1.53. The summed E-state index contributed by atoms with van der Waals surface area (Å²) in [5.41, 5.74) is 2.34. The summed E-state index contributed by atoms with van der Waals surface area (Å²) >= 11 is 3.47. The molecule has 1 aromatic heterocycles. The Bertz CT molecular complexity index is 548. The van der Waals surface area contributed by atoms with Gasteiger partial charge in [0.05, 0.1) is 6.54 Å². The molecule has 0 aliphatic carbocycles. The molecule has 0 aliphatic heterocycles. The van der Waals surface area contributed by atoms with E-state index in [1.807, 2.05) is 10.7 Å². The Morgan fingerprint density at radius 1 is 1.37 bits per heavy atom. The zero-order valence-corrected chi connectivity index (χ0v) is 13.1. The molecule has 0 spiro atoms. The first kappa shape index (κ1) is 14.1. The number of rotatable bonds is 5. The summed E-state index contributed by atoms with van der Waals surface area (Å²) in [5, 5.41) is 7.68. The third kappa shape index (κ3) is 3.80. The highest BCUT2D eigenvalue weighted by atomic mass is 79.9. The van der Waals surface area contributed by atoms with Crippen molar-refractivity contribution in [1.82, 2.24) is 14.8 Å². The normalized spacial score (nSPS) is 11.0. The van der Waals surface area contributed by atoms with Gasteiger partial charge >= 0.3 is 0 Å². The maximum atomic E-state index is 4.31. The van der Waals surface area contributed by atoms with Crippen LogP contribution in [0.2, 0.25) is 0 Å². The largest absolute Gasteiger partial charge is 0.378 e. The van der Waals surface area contributed by atoms with E-state index in [9.17, 15) is 0 Å². The van der Waals surface area contributed by atoms with Crippen LogP contribution in [0.5, 0.6) is 0 Å². The van der Waals surface area contributed by atoms with Gasteiger partial charge in [-0.25, -0.2) is 9.67 Å². The van der Waals surface area contributed by atoms with E-state index in [-0.39, 0.29) is 0 Å². The number of benzene rings is 1. The number of anilines is 1. The average molecular weight is 323 g/mol. The van der Waals surface area contributed by atoms with Crippen molar-refractivity contribution in [2.45, 2.75) is 33.9 Å². The Hall–Kier alpha value is -1.36. The third-order valence-corrected chi connectivity index (χ3v) is 3.35. The molecule has 1 N–H and O–H groups in total. The van der Waals surface area contributed by atoms with Crippen LogP contribution in [-0.4, -0.2) is 14.8 Å². The smallest absolute Gasteiger partial charge is 0.146 e. The van der Waals surface area contributed by atoms with E-state index in [1.165, 1.54) is 5.56 Å². The summed E-state index contributed by atoms with van der Waals surface area (Å²) in [4.78, 5) is 4.31. The predicted octanol–water partition coefficient (Wildman–Crippen LogP) is 3.62. The zero-order chi connectivity index (χ0) is 13.8. The second kappa shape index (κ2) is 6.19. The molecule has 0 bridgehead atoms. The highest BCUT2D eigenvalue weighted by Gasteiger charge is 2.06. The molecule has 0 aliphatic rings. The molecule has 2 rings (SSSR count). The average Bonchev–Trinajstić information content (AvgIpc) is 2.74. The van der Waals surface area contributed by atoms with Gasteiger partial charge in [-0.3, -0.25) is 0 Å². The third-order valence-electron chi connectivity index (χ3n) is 2.86. The standard InChI is InChI=1S/C14H19BrN4/c1-10(2)8-19-14(17-9-18-19)7-16-13-5-4-12(15)6-11(13)3/h4-6,9-10,16H,7-8H2,1-3H3. The second-order valence-electron chi connectivity index (χ2n) is 5.07. The van der Waals surface area contributed by atoms with E-state index in [0.717, 1.165) is 22.5 Å². The molecule has 0 amide bonds. The topological polar surface area (TPSA) is 42.7 Å². The van der Waals surface area contributed by atoms with Gasteiger partial charge in [0.15, 0.2) is 0 Å². The summed E-state index contributed by atoms with van der Waals surface area (Å²) in [6.45, 7) is 8.03. The van der Waals surface area contributed by atoms with Gasteiger partial charge < -0.3 is 5.32 Å². The number of aryl methyl sites for hydroxylation is 1. The minimum atomic E-state index is 0.565. The Morgan fingerprint density at radius 2 is 2.16 bits per heavy atom. The van der Waals surface area contributed by atoms with Crippen LogP contribution in [0, 0.1) is 12.8 Å². The van der Waals surface area contributed by atoms with Gasteiger partial charge in [-0.05, 0) is 36.6 Å². The first-order chi connectivity index (χ1) is 9.06. The Kier molecular flexibility index (Phi) is 4.58. The van der Waals surface area contributed by atoms with Crippen molar-refractivity contribution in [3.8, 4) is 0 Å². The van der Waals surface area contributed by atoms with Gasteiger partial charge in [0.2, 0.25) is 0 Å². The van der Waals surface area contributed by atoms with Crippen LogP contribution in [0.1, 0.15) is 25.2 Å². The van der Waals surface area contributed by atoms with Crippen molar-refractivity contribution in [1.29, 1.82) is 0 Å². The number of nitrogens with one attached hydrogen (secondary N) is 1. The van der Waals surface area contributed by atoms with Gasteiger partial charge in [0, 0.05) is 16.7 Å². The van der Waals surface area contributed by atoms with Crippen LogP contribution >= 0.6 is 15.9 Å². The number of aromatic nitrogens is 3. The quantitative estimate of drug-likeness (QED) is 0.914. The molecule has 2 aromatic rings. The molecule has 0 saturated carbocycles. The summed E-state index contributed by atoms with van der Waals surface area (Å²) in [6, 6.07) is 6.21. The fourth-order valence-electron chi connectivity index (χ4n) is 1.92. The van der Waals surface area contributed by atoms with E-state index >= 15 is 0 Å². The molecule has 4 nitrogen and oxygen atoms in total. The minimum absolute atomic E-state index is 0.565. The van der Waals surface area contributed by atoms with Crippen molar-refractivity contribution in [3.05, 3.63) is 40.4 Å². The van der Waals surface area contributed by atoms with E-state index in [2.05, 4.69) is 64.2 Å². The van der Waals surface area contributed by atoms with Crippen LogP contribution < -0.4 is 5.32 Å². The van der Waals surface area contributed by atoms with Crippen molar-refractivity contribution in [3.63, 3.8) is 0 Å². The Labute approximate surface area is 122 Å². The van der Waals surface area contributed by atoms with Gasteiger partial charge in [0.1, 0.15) is 12.2 Å². The highest BCUT2D eigenvalue weighted by molar-refractivity contribution is 9.10. The van der Waals surface area contributed by atoms with E-state index in [4.69, 9.17) is 0 Å². The van der Waals surface area contributed by atoms with Crippen LogP contribution in [0.3, 0.4) is 0 Å². The Morgan fingerprint density at radius 3 is 2.84 bits per heavy atom. The van der Waals surface area contributed by atoms with Crippen LogP contribution in [0.25, 0.3) is 0 Å². The first-order valence-corrected chi connectivity index (χ1v) is 7.22. The maximum Gasteiger partial charge on any atom is 0.146 e. The zero-order valence-electron chi connectivity index (χ0n) is 11.5. The van der Waals surface area contributed by atoms with Gasteiger partial charge in [-0.15, -0.1) is 0 Å². The van der Waals surface area contributed by atoms with E-state index < -0.39 is 0 Å². The molecule has 1 aromatic carbocycles. The lowest BCUT2D eigenvalue weighted by Gasteiger charge is -2.11. The number of halogens is 1. The van der Waals surface area contributed by atoms with Gasteiger partial charge in [-0.1, -0.05) is 29.8 Å². The van der Waals surface area contributed by atoms with Crippen molar-refractivity contribution in [2.75, 3.05) is 5.32 Å². The number of hydrogen-bond donors (Lipinski definition) is 1. The molecule has 0 atom stereocenters. The minimum Gasteiger partial charge on any atom is -0.378 e.